The molecule has 0 aromatic carbocycles. The van der Waals surface area contributed by atoms with E-state index in [1.807, 2.05) is 20.8 Å². The summed E-state index contributed by atoms with van der Waals surface area (Å²) >= 11 is 0. The number of amides is 2. The molecule has 1 atom stereocenters. The second kappa shape index (κ2) is 5.33. The molecule has 0 aromatic heterocycles. The Kier molecular flexibility index (Phi) is 5.31. The molecule has 1 unspecified atom stereocenters. The topological polar surface area (TPSA) is 66.4 Å². The Labute approximate surface area is 114 Å². The van der Waals surface area contributed by atoms with Gasteiger partial charge in [-0.25, -0.2) is 0 Å². The molecule has 0 aliphatic carbocycles. The van der Waals surface area contributed by atoms with E-state index in [1.165, 1.54) is 6.08 Å². The van der Waals surface area contributed by atoms with E-state index in [0.29, 0.717) is 6.42 Å². The van der Waals surface area contributed by atoms with Crippen molar-refractivity contribution in [1.82, 2.24) is 5.32 Å². The smallest absolute Gasteiger partial charge is 0.256 e. The fraction of sp³-hybridized carbons (Fsp3) is 0.600. The van der Waals surface area contributed by atoms with Gasteiger partial charge in [0.25, 0.3) is 11.8 Å². The van der Waals surface area contributed by atoms with E-state index >= 15 is 0 Å². The van der Waals surface area contributed by atoms with Crippen molar-refractivity contribution in [3.63, 3.8) is 0 Å². The summed E-state index contributed by atoms with van der Waals surface area (Å²) in [5, 5.41) is 11.8. The van der Waals surface area contributed by atoms with Crippen LogP contribution in [0.2, 0.25) is 0 Å². The fourth-order valence-corrected chi connectivity index (χ4v) is 1.36. The van der Waals surface area contributed by atoms with E-state index in [2.05, 4.69) is 5.32 Å². The van der Waals surface area contributed by atoms with Crippen molar-refractivity contribution < 1.29 is 47.4 Å². The molecule has 1 heterocycles. The monoisotopic (exact) mass is 286 g/mol. The Morgan fingerprint density at radius 2 is 1.93 bits per heavy atom. The van der Waals surface area contributed by atoms with Gasteiger partial charge in [-0.05, 0) is 11.8 Å². The molecule has 15 heavy (non-hydrogen) atoms. The molecular weight excluding hydrogens is 271 g/mol. The molecule has 0 saturated heterocycles. The minimum Gasteiger partial charge on any atom is -0.388 e. The second-order valence-electron chi connectivity index (χ2n) is 4.70. The fourth-order valence-electron chi connectivity index (χ4n) is 1.36. The molecule has 1 radical (unpaired) electrons. The van der Waals surface area contributed by atoms with Crippen molar-refractivity contribution in [2.24, 2.45) is 5.41 Å². The SMILES string of the molecule is CC(C)(C)CC(O)C1=CC(=O)NC1=O.[Y]. The zero-order chi connectivity index (χ0) is 10.9. The first-order valence-electron chi connectivity index (χ1n) is 4.54. The Balaban J connectivity index is 0.00000196. The molecule has 0 saturated carbocycles. The third kappa shape index (κ3) is 4.53. The number of carbonyl (C=O) groups is 2. The van der Waals surface area contributed by atoms with E-state index in [4.69, 9.17) is 0 Å². The van der Waals surface area contributed by atoms with Gasteiger partial charge in [0, 0.05) is 38.8 Å². The Bertz CT molecular complexity index is 304. The first kappa shape index (κ1) is 14.9. The van der Waals surface area contributed by atoms with Crippen LogP contribution in [-0.2, 0) is 42.3 Å². The summed E-state index contributed by atoms with van der Waals surface area (Å²) in [6.45, 7) is 5.89. The molecule has 5 heteroatoms. The molecule has 0 fully saturated rings. The maximum absolute atomic E-state index is 11.2. The van der Waals surface area contributed by atoms with Gasteiger partial charge in [0.05, 0.1) is 11.7 Å². The maximum atomic E-state index is 11.2. The minimum absolute atomic E-state index is 0. The van der Waals surface area contributed by atoms with E-state index < -0.39 is 17.9 Å². The molecular formula is C10H15NO3Y. The third-order valence-corrected chi connectivity index (χ3v) is 1.95. The van der Waals surface area contributed by atoms with Gasteiger partial charge >= 0.3 is 0 Å². The largest absolute Gasteiger partial charge is 0.388 e. The van der Waals surface area contributed by atoms with Crippen LogP contribution in [0.25, 0.3) is 0 Å². The number of nitrogens with one attached hydrogen (secondary N) is 1. The molecule has 2 N–H and O–H groups in total. The van der Waals surface area contributed by atoms with Crippen LogP contribution in [0.1, 0.15) is 27.2 Å². The van der Waals surface area contributed by atoms with Crippen molar-refractivity contribution >= 4 is 11.8 Å². The predicted molar refractivity (Wildman–Crippen MR) is 51.3 cm³/mol. The molecule has 1 aliphatic heterocycles. The van der Waals surface area contributed by atoms with Crippen LogP contribution in [0, 0.1) is 5.41 Å². The number of carbonyl (C=O) groups excluding carboxylic acids is 2. The molecule has 0 aromatic rings. The second-order valence-corrected chi connectivity index (χ2v) is 4.70. The van der Waals surface area contributed by atoms with Crippen molar-refractivity contribution in [3.05, 3.63) is 11.6 Å². The van der Waals surface area contributed by atoms with Crippen molar-refractivity contribution in [1.29, 1.82) is 0 Å². The standard InChI is InChI=1S/C10H15NO3.Y/c1-10(2,3)5-7(12)6-4-8(13)11-9(6)14;/h4,7,12H,5H2,1-3H3,(H,11,13,14);. The number of hydrogen-bond acceptors (Lipinski definition) is 3. The van der Waals surface area contributed by atoms with Gasteiger partial charge in [0.15, 0.2) is 0 Å². The van der Waals surface area contributed by atoms with Crippen molar-refractivity contribution in [2.45, 2.75) is 33.3 Å². The summed E-state index contributed by atoms with van der Waals surface area (Å²) in [5.74, 6) is -0.926. The average molecular weight is 286 g/mol. The summed E-state index contributed by atoms with van der Waals surface area (Å²) in [6.07, 6.45) is 0.764. The first-order chi connectivity index (χ1) is 6.29. The van der Waals surface area contributed by atoms with Gasteiger partial charge in [0.2, 0.25) is 0 Å². The van der Waals surface area contributed by atoms with Crippen LogP contribution in [0.3, 0.4) is 0 Å². The van der Waals surface area contributed by atoms with E-state index in [9.17, 15) is 14.7 Å². The zero-order valence-corrected chi connectivity index (χ0v) is 12.0. The van der Waals surface area contributed by atoms with Gasteiger partial charge in [-0.15, -0.1) is 0 Å². The first-order valence-corrected chi connectivity index (χ1v) is 4.54. The number of rotatable bonds is 2. The van der Waals surface area contributed by atoms with Crippen molar-refractivity contribution in [2.75, 3.05) is 0 Å². The number of aliphatic hydroxyl groups is 1. The maximum Gasteiger partial charge on any atom is 0.256 e. The molecule has 1 aliphatic rings. The zero-order valence-electron chi connectivity index (χ0n) is 9.20. The van der Waals surface area contributed by atoms with Crippen LogP contribution in [0.15, 0.2) is 11.6 Å². The van der Waals surface area contributed by atoms with Crippen LogP contribution >= 0.6 is 0 Å². The summed E-state index contributed by atoms with van der Waals surface area (Å²) in [4.78, 5) is 22.0. The molecule has 81 valence electrons. The Morgan fingerprint density at radius 1 is 1.40 bits per heavy atom. The summed E-state index contributed by atoms with van der Waals surface area (Å²) in [7, 11) is 0. The molecule has 0 bridgehead atoms. The van der Waals surface area contributed by atoms with Crippen LogP contribution in [0.4, 0.5) is 0 Å². The minimum atomic E-state index is -0.860. The van der Waals surface area contributed by atoms with E-state index in [0.717, 1.165) is 0 Å². The molecule has 4 nitrogen and oxygen atoms in total. The van der Waals surface area contributed by atoms with Gasteiger partial charge in [-0.3, -0.25) is 14.9 Å². The van der Waals surface area contributed by atoms with Gasteiger partial charge < -0.3 is 5.11 Å². The summed E-state index contributed by atoms with van der Waals surface area (Å²) in [5.41, 5.74) is 0.0940. The number of aliphatic hydroxyl groups excluding tert-OH is 1. The van der Waals surface area contributed by atoms with Gasteiger partial charge in [-0.1, -0.05) is 20.8 Å². The van der Waals surface area contributed by atoms with Crippen LogP contribution in [-0.4, -0.2) is 23.0 Å². The van der Waals surface area contributed by atoms with E-state index in [1.54, 1.807) is 0 Å². The summed E-state index contributed by atoms with van der Waals surface area (Å²) in [6, 6.07) is 0. The number of hydrogen-bond donors (Lipinski definition) is 2. The molecule has 1 rings (SSSR count). The van der Waals surface area contributed by atoms with Gasteiger partial charge in [-0.2, -0.15) is 0 Å². The Morgan fingerprint density at radius 3 is 2.27 bits per heavy atom. The van der Waals surface area contributed by atoms with Crippen LogP contribution < -0.4 is 5.32 Å². The number of imide groups is 1. The molecule has 2 amide bonds. The van der Waals surface area contributed by atoms with E-state index in [-0.39, 0.29) is 43.7 Å². The quantitative estimate of drug-likeness (QED) is 0.720. The average Bonchev–Trinajstić information content (AvgIpc) is 2.26. The Hall–Kier alpha value is -0.0561. The van der Waals surface area contributed by atoms with Gasteiger partial charge in [0.1, 0.15) is 0 Å². The van der Waals surface area contributed by atoms with Crippen LogP contribution in [0.5, 0.6) is 0 Å². The molecule has 0 spiro atoms. The predicted octanol–water partition coefficient (Wildman–Crippen LogP) is 0.364. The summed E-state index contributed by atoms with van der Waals surface area (Å²) < 4.78 is 0. The normalized spacial score (nSPS) is 18.0. The van der Waals surface area contributed by atoms with Crippen molar-refractivity contribution in [3.8, 4) is 0 Å². The third-order valence-electron chi connectivity index (χ3n) is 1.95.